The molecular weight excluding hydrogens is 248 g/mol. The van der Waals surface area contributed by atoms with Crippen LogP contribution in [-0.2, 0) is 4.74 Å². The molecule has 0 spiro atoms. The number of hydrogen-bond acceptors (Lipinski definition) is 3. The Morgan fingerprint density at radius 3 is 2.50 bits per heavy atom. The average Bonchev–Trinajstić information content (AvgIpc) is 2.49. The molecule has 1 unspecified atom stereocenters. The van der Waals surface area contributed by atoms with Gasteiger partial charge in [-0.15, -0.1) is 0 Å². The minimum Gasteiger partial charge on any atom is -0.383 e. The molecule has 1 aromatic rings. The van der Waals surface area contributed by atoms with E-state index in [1.54, 1.807) is 7.11 Å². The summed E-state index contributed by atoms with van der Waals surface area (Å²) in [7, 11) is 1.78. The fraction of sp³-hybridized carbons (Fsp3) is 0.647. The highest BCUT2D eigenvalue weighted by molar-refractivity contribution is 5.46. The number of nitrogens with zero attached hydrogens (tertiary/aromatic N) is 1. The largest absolute Gasteiger partial charge is 0.383 e. The molecule has 0 aromatic heterocycles. The third kappa shape index (κ3) is 6.40. The number of anilines is 1. The van der Waals surface area contributed by atoms with Gasteiger partial charge in [0, 0.05) is 31.9 Å². The molecule has 0 saturated heterocycles. The van der Waals surface area contributed by atoms with Gasteiger partial charge in [0.1, 0.15) is 0 Å². The van der Waals surface area contributed by atoms with Crippen LogP contribution < -0.4 is 10.2 Å². The lowest BCUT2D eigenvalue weighted by molar-refractivity contribution is 0.167. The predicted octanol–water partition coefficient (Wildman–Crippen LogP) is 3.31. The second-order valence-corrected chi connectivity index (χ2v) is 5.24. The number of methoxy groups -OCH3 is 1. The summed E-state index contributed by atoms with van der Waals surface area (Å²) in [6.07, 6.45) is 3.60. The molecule has 0 aliphatic rings. The van der Waals surface area contributed by atoms with E-state index in [4.69, 9.17) is 4.74 Å². The Bertz CT molecular complexity index is 329. The third-order valence-corrected chi connectivity index (χ3v) is 3.39. The summed E-state index contributed by atoms with van der Waals surface area (Å²) in [5, 5.41) is 3.58. The Labute approximate surface area is 124 Å². The number of rotatable bonds is 11. The van der Waals surface area contributed by atoms with E-state index in [1.807, 2.05) is 0 Å². The van der Waals surface area contributed by atoms with Crippen LogP contribution in [0.25, 0.3) is 0 Å². The summed E-state index contributed by atoms with van der Waals surface area (Å²) >= 11 is 0. The number of para-hydroxylation sites is 1. The van der Waals surface area contributed by atoms with Crippen LogP contribution in [0.5, 0.6) is 0 Å². The van der Waals surface area contributed by atoms with Crippen molar-refractivity contribution in [2.45, 2.75) is 39.2 Å². The highest BCUT2D eigenvalue weighted by atomic mass is 16.5. The van der Waals surface area contributed by atoms with Crippen LogP contribution in [0.3, 0.4) is 0 Å². The van der Waals surface area contributed by atoms with E-state index in [0.717, 1.165) is 32.7 Å². The Kier molecular flexibility index (Phi) is 9.09. The Hall–Kier alpha value is -1.06. The van der Waals surface area contributed by atoms with Crippen molar-refractivity contribution >= 4 is 5.69 Å². The van der Waals surface area contributed by atoms with Gasteiger partial charge in [0.25, 0.3) is 0 Å². The predicted molar refractivity (Wildman–Crippen MR) is 87.5 cm³/mol. The molecule has 0 bridgehead atoms. The third-order valence-electron chi connectivity index (χ3n) is 3.39. The average molecular weight is 278 g/mol. The van der Waals surface area contributed by atoms with Crippen LogP contribution in [0.15, 0.2) is 30.3 Å². The molecule has 0 radical (unpaired) electrons. The fourth-order valence-corrected chi connectivity index (χ4v) is 2.31. The van der Waals surface area contributed by atoms with Gasteiger partial charge in [-0.2, -0.15) is 0 Å². The summed E-state index contributed by atoms with van der Waals surface area (Å²) in [4.78, 5) is 2.47. The van der Waals surface area contributed by atoms with Crippen LogP contribution in [0.1, 0.15) is 33.1 Å². The van der Waals surface area contributed by atoms with Crippen LogP contribution in [-0.4, -0.2) is 39.4 Å². The minimum absolute atomic E-state index is 0.386. The zero-order chi connectivity index (χ0) is 14.6. The van der Waals surface area contributed by atoms with Gasteiger partial charge in [0.15, 0.2) is 0 Å². The number of ether oxygens (including phenoxy) is 1. The van der Waals surface area contributed by atoms with Gasteiger partial charge in [-0.25, -0.2) is 0 Å². The van der Waals surface area contributed by atoms with E-state index in [-0.39, 0.29) is 0 Å². The molecule has 3 nitrogen and oxygen atoms in total. The fourth-order valence-electron chi connectivity index (χ4n) is 2.31. The van der Waals surface area contributed by atoms with Crippen molar-refractivity contribution in [2.24, 2.45) is 0 Å². The zero-order valence-corrected chi connectivity index (χ0v) is 13.3. The molecule has 0 heterocycles. The number of nitrogens with one attached hydrogen (secondary N) is 1. The molecule has 1 atom stereocenters. The molecule has 20 heavy (non-hydrogen) atoms. The van der Waals surface area contributed by atoms with Crippen molar-refractivity contribution < 1.29 is 4.74 Å². The van der Waals surface area contributed by atoms with E-state index in [1.165, 1.54) is 18.5 Å². The summed E-state index contributed by atoms with van der Waals surface area (Å²) < 4.78 is 5.35. The van der Waals surface area contributed by atoms with Gasteiger partial charge < -0.3 is 15.0 Å². The van der Waals surface area contributed by atoms with E-state index in [2.05, 4.69) is 54.4 Å². The van der Waals surface area contributed by atoms with Crippen LogP contribution in [0.2, 0.25) is 0 Å². The Balaban J connectivity index is 2.65. The van der Waals surface area contributed by atoms with Crippen LogP contribution >= 0.6 is 0 Å². The molecule has 0 fully saturated rings. The molecule has 114 valence electrons. The van der Waals surface area contributed by atoms with E-state index in [9.17, 15) is 0 Å². The molecule has 0 amide bonds. The highest BCUT2D eigenvalue weighted by Gasteiger charge is 2.13. The SMILES string of the molecule is CCCCN(CC(COC)NCCC)c1ccccc1. The Morgan fingerprint density at radius 2 is 1.90 bits per heavy atom. The maximum atomic E-state index is 5.35. The van der Waals surface area contributed by atoms with Gasteiger partial charge in [0.05, 0.1) is 6.61 Å². The van der Waals surface area contributed by atoms with Crippen molar-refractivity contribution in [1.29, 1.82) is 0 Å². The van der Waals surface area contributed by atoms with Crippen LogP contribution in [0.4, 0.5) is 5.69 Å². The van der Waals surface area contributed by atoms with E-state index >= 15 is 0 Å². The molecule has 0 saturated carbocycles. The molecule has 0 aliphatic carbocycles. The van der Waals surface area contributed by atoms with Crippen molar-refractivity contribution in [1.82, 2.24) is 5.32 Å². The first kappa shape index (κ1) is 17.0. The van der Waals surface area contributed by atoms with Crippen molar-refractivity contribution in [3.63, 3.8) is 0 Å². The minimum atomic E-state index is 0.386. The smallest absolute Gasteiger partial charge is 0.0633 e. The lowest BCUT2D eigenvalue weighted by atomic mass is 10.2. The normalized spacial score (nSPS) is 12.3. The van der Waals surface area contributed by atoms with Gasteiger partial charge >= 0.3 is 0 Å². The van der Waals surface area contributed by atoms with Crippen molar-refractivity contribution in [3.05, 3.63) is 30.3 Å². The van der Waals surface area contributed by atoms with E-state index in [0.29, 0.717) is 6.04 Å². The highest BCUT2D eigenvalue weighted by Crippen LogP contribution is 2.14. The molecule has 3 heteroatoms. The standard InChI is InChI=1S/C17H30N2O/c1-4-6-13-19(17-10-8-7-9-11-17)14-16(15-20-3)18-12-5-2/h7-11,16,18H,4-6,12-15H2,1-3H3. The second-order valence-electron chi connectivity index (χ2n) is 5.24. The van der Waals surface area contributed by atoms with Crippen LogP contribution in [0, 0.1) is 0 Å². The first-order valence-corrected chi connectivity index (χ1v) is 7.84. The van der Waals surface area contributed by atoms with Gasteiger partial charge in [-0.1, -0.05) is 38.5 Å². The number of unbranched alkanes of at least 4 members (excludes halogenated alkanes) is 1. The lowest BCUT2D eigenvalue weighted by Gasteiger charge is -2.30. The van der Waals surface area contributed by atoms with E-state index < -0.39 is 0 Å². The molecule has 1 N–H and O–H groups in total. The first-order chi connectivity index (χ1) is 9.81. The molecule has 0 aliphatic heterocycles. The summed E-state index contributed by atoms with van der Waals surface area (Å²) in [6, 6.07) is 11.1. The van der Waals surface area contributed by atoms with Crippen molar-refractivity contribution in [2.75, 3.05) is 38.3 Å². The van der Waals surface area contributed by atoms with Crippen molar-refractivity contribution in [3.8, 4) is 0 Å². The Morgan fingerprint density at radius 1 is 1.15 bits per heavy atom. The maximum absolute atomic E-state index is 5.35. The van der Waals surface area contributed by atoms with Gasteiger partial charge in [-0.3, -0.25) is 0 Å². The molecule has 1 aromatic carbocycles. The lowest BCUT2D eigenvalue weighted by Crippen LogP contribution is -2.44. The number of hydrogen-bond donors (Lipinski definition) is 1. The van der Waals surface area contributed by atoms with Gasteiger partial charge in [-0.05, 0) is 31.5 Å². The monoisotopic (exact) mass is 278 g/mol. The topological polar surface area (TPSA) is 24.5 Å². The molecule has 1 rings (SSSR count). The summed E-state index contributed by atoms with van der Waals surface area (Å²) in [5.41, 5.74) is 1.31. The summed E-state index contributed by atoms with van der Waals surface area (Å²) in [6.45, 7) is 8.35. The quantitative estimate of drug-likeness (QED) is 0.672. The zero-order valence-electron chi connectivity index (χ0n) is 13.3. The second kappa shape index (κ2) is 10.7. The van der Waals surface area contributed by atoms with Gasteiger partial charge in [0.2, 0.25) is 0 Å². The maximum Gasteiger partial charge on any atom is 0.0633 e. The number of benzene rings is 1. The summed E-state index contributed by atoms with van der Waals surface area (Å²) in [5.74, 6) is 0. The first-order valence-electron chi connectivity index (χ1n) is 7.84. The molecular formula is C17H30N2O.